The van der Waals surface area contributed by atoms with Gasteiger partial charge in [-0.15, -0.1) is 0 Å². The van der Waals surface area contributed by atoms with E-state index in [4.69, 9.17) is 16.7 Å². The van der Waals surface area contributed by atoms with Crippen molar-refractivity contribution in [3.63, 3.8) is 0 Å². The van der Waals surface area contributed by atoms with E-state index in [0.717, 1.165) is 16.5 Å². The second-order valence-corrected chi connectivity index (χ2v) is 4.27. The summed E-state index contributed by atoms with van der Waals surface area (Å²) >= 11 is 9.29. The van der Waals surface area contributed by atoms with Crippen LogP contribution in [0.2, 0.25) is 5.02 Å². The molecule has 1 aromatic rings. The molecule has 2 nitrogen and oxygen atoms in total. The SMILES string of the molecule is CCc1cc(Br)cc(Cl)c1CC(=O)O. The van der Waals surface area contributed by atoms with Crippen LogP contribution in [0.4, 0.5) is 0 Å². The number of benzene rings is 1. The van der Waals surface area contributed by atoms with Crippen molar-refractivity contribution in [3.05, 3.63) is 32.8 Å². The summed E-state index contributed by atoms with van der Waals surface area (Å²) in [5.41, 5.74) is 1.69. The highest BCUT2D eigenvalue weighted by Gasteiger charge is 2.10. The average molecular weight is 278 g/mol. The van der Waals surface area contributed by atoms with Crippen molar-refractivity contribution >= 4 is 33.5 Å². The number of hydrogen-bond donors (Lipinski definition) is 1. The molecule has 1 rings (SSSR count). The van der Waals surface area contributed by atoms with Gasteiger partial charge in [0.05, 0.1) is 6.42 Å². The van der Waals surface area contributed by atoms with E-state index in [-0.39, 0.29) is 6.42 Å². The first-order valence-electron chi connectivity index (χ1n) is 4.23. The standard InChI is InChI=1S/C10H10BrClO2/c1-2-6-3-7(11)4-9(12)8(6)5-10(13)14/h3-4H,2,5H2,1H3,(H,13,14). The van der Waals surface area contributed by atoms with E-state index in [0.29, 0.717) is 10.6 Å². The third-order valence-corrected chi connectivity index (χ3v) is 2.76. The number of carboxylic acid groups (broad SMARTS) is 1. The lowest BCUT2D eigenvalue weighted by atomic mass is 10.0. The van der Waals surface area contributed by atoms with Gasteiger partial charge in [0.25, 0.3) is 0 Å². The highest BCUT2D eigenvalue weighted by molar-refractivity contribution is 9.10. The Labute approximate surface area is 96.0 Å². The third kappa shape index (κ3) is 2.72. The minimum atomic E-state index is -0.857. The molecule has 0 saturated carbocycles. The van der Waals surface area contributed by atoms with Gasteiger partial charge in [0.2, 0.25) is 0 Å². The molecule has 0 atom stereocenters. The molecule has 0 heterocycles. The van der Waals surface area contributed by atoms with Crippen LogP contribution in [0.15, 0.2) is 16.6 Å². The van der Waals surface area contributed by atoms with Crippen LogP contribution in [-0.2, 0) is 17.6 Å². The zero-order valence-corrected chi connectivity index (χ0v) is 10.0. The average Bonchev–Trinajstić information content (AvgIpc) is 2.08. The van der Waals surface area contributed by atoms with Crippen molar-refractivity contribution < 1.29 is 9.90 Å². The van der Waals surface area contributed by atoms with Crippen LogP contribution >= 0.6 is 27.5 Å². The van der Waals surface area contributed by atoms with Gasteiger partial charge < -0.3 is 5.11 Å². The van der Waals surface area contributed by atoms with Crippen molar-refractivity contribution in [2.24, 2.45) is 0 Å². The largest absolute Gasteiger partial charge is 0.481 e. The Morgan fingerprint density at radius 1 is 1.57 bits per heavy atom. The second kappa shape index (κ2) is 4.80. The maximum Gasteiger partial charge on any atom is 0.307 e. The lowest BCUT2D eigenvalue weighted by Gasteiger charge is -2.08. The molecule has 0 fully saturated rings. The molecule has 14 heavy (non-hydrogen) atoms. The quantitative estimate of drug-likeness (QED) is 0.920. The molecule has 76 valence electrons. The van der Waals surface area contributed by atoms with Gasteiger partial charge in [-0.25, -0.2) is 0 Å². The number of carboxylic acids is 1. The van der Waals surface area contributed by atoms with E-state index in [9.17, 15) is 4.79 Å². The van der Waals surface area contributed by atoms with Gasteiger partial charge in [-0.2, -0.15) is 0 Å². The van der Waals surface area contributed by atoms with Gasteiger partial charge >= 0.3 is 5.97 Å². The summed E-state index contributed by atoms with van der Waals surface area (Å²) < 4.78 is 0.883. The maximum absolute atomic E-state index is 10.6. The fourth-order valence-electron chi connectivity index (χ4n) is 1.32. The van der Waals surface area contributed by atoms with Crippen LogP contribution in [0.25, 0.3) is 0 Å². The molecule has 1 aromatic carbocycles. The molecule has 4 heteroatoms. The predicted molar refractivity (Wildman–Crippen MR) is 59.9 cm³/mol. The topological polar surface area (TPSA) is 37.3 Å². The van der Waals surface area contributed by atoms with E-state index >= 15 is 0 Å². The summed E-state index contributed by atoms with van der Waals surface area (Å²) in [7, 11) is 0. The van der Waals surface area contributed by atoms with E-state index in [1.807, 2.05) is 13.0 Å². The number of carbonyl (C=O) groups is 1. The second-order valence-electron chi connectivity index (χ2n) is 2.95. The normalized spacial score (nSPS) is 10.2. The molecule has 1 N–H and O–H groups in total. The monoisotopic (exact) mass is 276 g/mol. The van der Waals surface area contributed by atoms with Gasteiger partial charge in [0.1, 0.15) is 0 Å². The van der Waals surface area contributed by atoms with Crippen molar-refractivity contribution in [3.8, 4) is 0 Å². The summed E-state index contributed by atoms with van der Waals surface area (Å²) in [6.45, 7) is 1.98. The highest BCUT2D eigenvalue weighted by Crippen LogP contribution is 2.26. The Morgan fingerprint density at radius 3 is 2.71 bits per heavy atom. The summed E-state index contributed by atoms with van der Waals surface area (Å²) in [5.74, 6) is -0.857. The molecule has 0 bridgehead atoms. The number of halogens is 2. The Balaban J connectivity index is 3.18. The number of rotatable bonds is 3. The Morgan fingerprint density at radius 2 is 2.21 bits per heavy atom. The van der Waals surface area contributed by atoms with E-state index in [1.54, 1.807) is 6.07 Å². The first-order valence-corrected chi connectivity index (χ1v) is 5.40. The van der Waals surface area contributed by atoms with Gasteiger partial charge in [-0.05, 0) is 29.7 Å². The molecular formula is C10H10BrClO2. The minimum Gasteiger partial charge on any atom is -0.481 e. The van der Waals surface area contributed by atoms with Gasteiger partial charge in [0, 0.05) is 9.50 Å². The first-order chi connectivity index (χ1) is 6.54. The minimum absolute atomic E-state index is 0.0186. The van der Waals surface area contributed by atoms with E-state index < -0.39 is 5.97 Å². The maximum atomic E-state index is 10.6. The zero-order chi connectivity index (χ0) is 10.7. The summed E-state index contributed by atoms with van der Waals surface area (Å²) in [5, 5.41) is 9.22. The molecule has 0 saturated heterocycles. The summed E-state index contributed by atoms with van der Waals surface area (Å²) in [6.07, 6.45) is 0.761. The molecule has 0 aromatic heterocycles. The summed E-state index contributed by atoms with van der Waals surface area (Å²) in [6, 6.07) is 3.63. The first kappa shape index (κ1) is 11.5. The number of aliphatic carboxylic acids is 1. The van der Waals surface area contributed by atoms with Crippen LogP contribution in [0.3, 0.4) is 0 Å². The van der Waals surface area contributed by atoms with Gasteiger partial charge in [-0.1, -0.05) is 34.5 Å². The van der Waals surface area contributed by atoms with Crippen LogP contribution in [0.1, 0.15) is 18.1 Å². The molecule has 0 spiro atoms. The van der Waals surface area contributed by atoms with Crippen LogP contribution in [0.5, 0.6) is 0 Å². The fraction of sp³-hybridized carbons (Fsp3) is 0.300. The molecular weight excluding hydrogens is 267 g/mol. The fourth-order valence-corrected chi connectivity index (χ4v) is 2.26. The van der Waals surface area contributed by atoms with Crippen molar-refractivity contribution in [2.45, 2.75) is 19.8 Å². The van der Waals surface area contributed by atoms with Crippen LogP contribution < -0.4 is 0 Å². The third-order valence-electron chi connectivity index (χ3n) is 1.96. The van der Waals surface area contributed by atoms with Crippen LogP contribution in [0, 0.1) is 0 Å². The van der Waals surface area contributed by atoms with E-state index in [1.165, 1.54) is 0 Å². The van der Waals surface area contributed by atoms with E-state index in [2.05, 4.69) is 15.9 Å². The predicted octanol–water partition coefficient (Wildman–Crippen LogP) is 3.29. The van der Waals surface area contributed by atoms with Crippen molar-refractivity contribution in [2.75, 3.05) is 0 Å². The molecule has 0 amide bonds. The Bertz CT molecular complexity index is 363. The van der Waals surface area contributed by atoms with Crippen molar-refractivity contribution in [1.82, 2.24) is 0 Å². The number of aryl methyl sites for hydroxylation is 1. The van der Waals surface area contributed by atoms with Crippen LogP contribution in [-0.4, -0.2) is 11.1 Å². The lowest BCUT2D eigenvalue weighted by molar-refractivity contribution is -0.136. The van der Waals surface area contributed by atoms with Gasteiger partial charge in [0.15, 0.2) is 0 Å². The molecule has 0 unspecified atom stereocenters. The Kier molecular flexibility index (Phi) is 3.96. The lowest BCUT2D eigenvalue weighted by Crippen LogP contribution is -2.04. The smallest absolute Gasteiger partial charge is 0.307 e. The summed E-state index contributed by atoms with van der Waals surface area (Å²) in [4.78, 5) is 10.6. The Hall–Kier alpha value is -0.540. The highest BCUT2D eigenvalue weighted by atomic mass is 79.9. The molecule has 0 aliphatic heterocycles. The molecule has 0 aliphatic rings. The zero-order valence-electron chi connectivity index (χ0n) is 7.68. The number of hydrogen-bond acceptors (Lipinski definition) is 1. The van der Waals surface area contributed by atoms with Gasteiger partial charge in [-0.3, -0.25) is 4.79 Å². The molecule has 0 radical (unpaired) electrons. The van der Waals surface area contributed by atoms with Crippen molar-refractivity contribution in [1.29, 1.82) is 0 Å². The molecule has 0 aliphatic carbocycles.